The predicted octanol–water partition coefficient (Wildman–Crippen LogP) is -0.388. The van der Waals surface area contributed by atoms with Gasteiger partial charge >= 0.3 is 0 Å². The fourth-order valence-electron chi connectivity index (χ4n) is 0. The Hall–Kier alpha value is 1.92. The van der Waals surface area contributed by atoms with Crippen molar-refractivity contribution in [1.82, 2.24) is 0 Å². The molecule has 0 nitrogen and oxygen atoms in total. The van der Waals surface area contributed by atoms with E-state index < -0.39 is 0 Å². The van der Waals surface area contributed by atoms with Crippen LogP contribution in [0.3, 0.4) is 0 Å². The van der Waals surface area contributed by atoms with Crippen LogP contribution in [-0.4, -0.2) is 8.41 Å². The second-order valence-corrected chi connectivity index (χ2v) is 0. The summed E-state index contributed by atoms with van der Waals surface area (Å²) in [6.07, 6.45) is 0. The van der Waals surface area contributed by atoms with Gasteiger partial charge < -0.3 is 0 Å². The van der Waals surface area contributed by atoms with Crippen LogP contribution in [0.25, 0.3) is 0 Å². The third kappa shape index (κ3) is 9.06. The molecule has 0 bridgehead atoms. The molecule has 0 heterocycles. The molecule has 0 saturated carbocycles. The number of hydrogen-bond donors (Lipinski definition) is 0. The smallest absolute Gasteiger partial charge is 0 e. The van der Waals surface area contributed by atoms with Crippen molar-refractivity contribution in [2.24, 2.45) is 0 Å². The molecule has 4 heteroatoms. The molecule has 0 amide bonds. The Balaban J connectivity index is 0. The maximum atomic E-state index is 0. The molecule has 0 aliphatic rings. The van der Waals surface area contributed by atoms with Crippen molar-refractivity contribution >= 4 is 8.41 Å². The Kier molecular flexibility index (Phi) is 199. The molecule has 0 aromatic carbocycles. The van der Waals surface area contributed by atoms with Crippen LogP contribution in [0.15, 0.2) is 0 Å². The van der Waals surface area contributed by atoms with Crippen molar-refractivity contribution in [3.63, 3.8) is 0 Å². The van der Waals surface area contributed by atoms with Gasteiger partial charge in [0.15, 0.2) is 0 Å². The van der Waals surface area contributed by atoms with E-state index in [1.165, 1.54) is 0 Å². The summed E-state index contributed by atoms with van der Waals surface area (Å²) in [6.45, 7) is 0. The van der Waals surface area contributed by atoms with Gasteiger partial charge in [0.25, 0.3) is 0 Å². The van der Waals surface area contributed by atoms with E-state index in [-0.39, 0.29) is 66.7 Å². The number of rotatable bonds is 0. The standard InChI is InChI=1S/B.Cu.Ti.Zn. The van der Waals surface area contributed by atoms with Gasteiger partial charge in [-0.05, 0) is 0 Å². The molecule has 0 rings (SSSR count). The van der Waals surface area contributed by atoms with Crippen LogP contribution < -0.4 is 0 Å². The zero-order valence-electron chi connectivity index (χ0n) is 2.09. The van der Waals surface area contributed by atoms with Crippen LogP contribution in [-0.2, 0) is 58.3 Å². The van der Waals surface area contributed by atoms with E-state index in [9.17, 15) is 0 Å². The fraction of sp³-hybridized carbons (Fsp3) is 0. The Morgan fingerprint density at radius 1 is 1.00 bits per heavy atom. The van der Waals surface area contributed by atoms with E-state index in [1.807, 2.05) is 0 Å². The van der Waals surface area contributed by atoms with Gasteiger partial charge in [-0.1, -0.05) is 0 Å². The molecule has 0 spiro atoms. The zero-order valence-corrected chi connectivity index (χ0v) is 7.56. The maximum Gasteiger partial charge on any atom is 0 e. The Bertz CT molecular complexity index is 8.00. The summed E-state index contributed by atoms with van der Waals surface area (Å²) in [7, 11) is 0. The van der Waals surface area contributed by atoms with E-state index in [0.29, 0.717) is 0 Å². The van der Waals surface area contributed by atoms with Crippen molar-refractivity contribution in [2.45, 2.75) is 0 Å². The molecule has 0 N–H and O–H groups in total. The van der Waals surface area contributed by atoms with Gasteiger partial charge in [-0.2, -0.15) is 0 Å². The first kappa shape index (κ1) is 38.8. The number of hydrogen-bond acceptors (Lipinski definition) is 0. The van der Waals surface area contributed by atoms with Gasteiger partial charge in [0, 0.05) is 66.7 Å². The average molecular weight is 188 g/mol. The molecule has 4 heavy (non-hydrogen) atoms. The summed E-state index contributed by atoms with van der Waals surface area (Å²) in [5.74, 6) is 0. The maximum absolute atomic E-state index is 0. The Morgan fingerprint density at radius 3 is 1.00 bits per heavy atom. The molecule has 0 unspecified atom stereocenters. The van der Waals surface area contributed by atoms with Gasteiger partial charge in [-0.3, -0.25) is 0 Å². The minimum Gasteiger partial charge on any atom is 0 e. The van der Waals surface area contributed by atoms with Crippen LogP contribution in [0.2, 0.25) is 0 Å². The minimum absolute atomic E-state index is 0. The quantitative estimate of drug-likeness (QED) is 0.454. The van der Waals surface area contributed by atoms with Crippen molar-refractivity contribution in [2.75, 3.05) is 0 Å². The van der Waals surface area contributed by atoms with E-state index >= 15 is 0 Å². The first-order valence-corrected chi connectivity index (χ1v) is 0. The normalized spacial score (nSPS) is 0. The second kappa shape index (κ2) is 20.5. The molecule has 0 aliphatic heterocycles. The minimum atomic E-state index is 0. The molecule has 0 fully saturated rings. The third-order valence-corrected chi connectivity index (χ3v) is 0. The van der Waals surface area contributed by atoms with Gasteiger partial charge in [-0.15, -0.1) is 0 Å². The summed E-state index contributed by atoms with van der Waals surface area (Å²) in [5, 5.41) is 0. The third-order valence-electron chi connectivity index (χ3n) is 0. The molecule has 0 aromatic rings. The summed E-state index contributed by atoms with van der Waals surface area (Å²) < 4.78 is 0. The van der Waals surface area contributed by atoms with E-state index in [0.717, 1.165) is 0 Å². The molecule has 0 aromatic heterocycles. The van der Waals surface area contributed by atoms with E-state index in [4.69, 9.17) is 0 Å². The van der Waals surface area contributed by atoms with Gasteiger partial charge in [0.05, 0.1) is 0 Å². The van der Waals surface area contributed by atoms with Gasteiger partial charge in [-0.25, -0.2) is 0 Å². The molecule has 4 radical (unpaired) electrons. The first-order valence-electron chi connectivity index (χ1n) is 0. The monoisotopic (exact) mass is 186 g/mol. The largest absolute Gasteiger partial charge is 0 e. The SMILES string of the molecule is [B].[Cu].[Ti].[Zn]. The topological polar surface area (TPSA) is 0 Å². The van der Waals surface area contributed by atoms with Crippen molar-refractivity contribution in [3.05, 3.63) is 0 Å². The van der Waals surface area contributed by atoms with Crippen molar-refractivity contribution in [3.8, 4) is 0 Å². The summed E-state index contributed by atoms with van der Waals surface area (Å²) in [5.41, 5.74) is 0. The predicted molar refractivity (Wildman–Crippen MR) is 5.75 cm³/mol. The summed E-state index contributed by atoms with van der Waals surface area (Å²) in [4.78, 5) is 0. The average Bonchev–Trinajstić information content (AvgIpc) is 0. The molecule has 0 saturated heterocycles. The fourth-order valence-corrected chi connectivity index (χ4v) is 0. The van der Waals surface area contributed by atoms with Crippen LogP contribution in [0.4, 0.5) is 0 Å². The van der Waals surface area contributed by atoms with E-state index in [2.05, 4.69) is 0 Å². The van der Waals surface area contributed by atoms with E-state index in [1.54, 1.807) is 0 Å². The molecule has 20 valence electrons. The molecule has 0 aliphatic carbocycles. The molecular weight excluding hydrogens is 188 g/mol. The zero-order chi connectivity index (χ0) is 0. The van der Waals surface area contributed by atoms with Crippen LogP contribution in [0, 0.1) is 0 Å². The van der Waals surface area contributed by atoms with Crippen LogP contribution >= 0.6 is 0 Å². The Labute approximate surface area is 66.2 Å². The van der Waals surface area contributed by atoms with Crippen LogP contribution in [0.1, 0.15) is 0 Å². The van der Waals surface area contributed by atoms with Gasteiger partial charge in [0.1, 0.15) is 0 Å². The van der Waals surface area contributed by atoms with Crippen molar-refractivity contribution < 1.29 is 58.3 Å². The second-order valence-electron chi connectivity index (χ2n) is 0. The van der Waals surface area contributed by atoms with Crippen LogP contribution in [0.5, 0.6) is 0 Å². The first-order chi connectivity index (χ1) is 0. The van der Waals surface area contributed by atoms with Crippen molar-refractivity contribution in [1.29, 1.82) is 0 Å². The Morgan fingerprint density at radius 2 is 1.00 bits per heavy atom. The van der Waals surface area contributed by atoms with Gasteiger partial charge in [0.2, 0.25) is 0 Å². The molecular formula is BCuTiZn. The summed E-state index contributed by atoms with van der Waals surface area (Å²) in [6, 6.07) is 0. The molecule has 0 atom stereocenters. The summed E-state index contributed by atoms with van der Waals surface area (Å²) >= 11 is 0.